The summed E-state index contributed by atoms with van der Waals surface area (Å²) in [6, 6.07) is 16.3. The molecule has 2 unspecified atom stereocenters. The first-order chi connectivity index (χ1) is 17.0. The van der Waals surface area contributed by atoms with Crippen LogP contribution in [0.4, 0.5) is 23.0 Å². The van der Waals surface area contributed by atoms with E-state index in [-0.39, 0.29) is 12.2 Å². The molecule has 182 valence electrons. The van der Waals surface area contributed by atoms with Gasteiger partial charge in [-0.05, 0) is 63.5 Å². The number of fused-ring (bicyclic) bond motifs is 3. The van der Waals surface area contributed by atoms with Crippen LogP contribution in [0.2, 0.25) is 5.02 Å². The van der Waals surface area contributed by atoms with Crippen LogP contribution in [0, 0.1) is 5.92 Å². The van der Waals surface area contributed by atoms with Crippen LogP contribution < -0.4 is 15.1 Å². The summed E-state index contributed by atoms with van der Waals surface area (Å²) in [6.07, 6.45) is 6.47. The lowest BCUT2D eigenvalue weighted by Crippen LogP contribution is -2.44. The monoisotopic (exact) mass is 490 g/mol. The van der Waals surface area contributed by atoms with Crippen LogP contribution in [0.3, 0.4) is 0 Å². The second kappa shape index (κ2) is 10.1. The van der Waals surface area contributed by atoms with Crippen LogP contribution in [0.15, 0.2) is 70.9 Å². The number of benzene rings is 2. The number of nitrogens with one attached hydrogen (secondary N) is 1. The van der Waals surface area contributed by atoms with Crippen molar-refractivity contribution in [1.82, 2.24) is 14.5 Å². The highest BCUT2D eigenvalue weighted by atomic mass is 35.5. The van der Waals surface area contributed by atoms with E-state index < -0.39 is 0 Å². The second-order valence-electron chi connectivity index (χ2n) is 9.19. The zero-order chi connectivity index (χ0) is 24.4. The zero-order valence-corrected chi connectivity index (χ0v) is 21.1. The largest absolute Gasteiger partial charge is 0.375 e. The highest BCUT2D eigenvalue weighted by Gasteiger charge is 2.34. The fraction of sp³-hybridized carbons (Fsp3) is 0.346. The van der Waals surface area contributed by atoms with E-state index in [9.17, 15) is 0 Å². The van der Waals surface area contributed by atoms with Gasteiger partial charge in [-0.2, -0.15) is 0 Å². The van der Waals surface area contributed by atoms with Gasteiger partial charge >= 0.3 is 0 Å². The Labute approximate surface area is 211 Å². The van der Waals surface area contributed by atoms with Gasteiger partial charge in [-0.1, -0.05) is 23.7 Å². The predicted molar refractivity (Wildman–Crippen MR) is 146 cm³/mol. The van der Waals surface area contributed by atoms with Crippen molar-refractivity contribution in [2.45, 2.75) is 12.7 Å². The maximum Gasteiger partial charge on any atom is 0.215 e. The van der Waals surface area contributed by atoms with Crippen LogP contribution in [0.5, 0.6) is 0 Å². The number of rotatable bonds is 8. The van der Waals surface area contributed by atoms with E-state index in [1.165, 1.54) is 5.69 Å². The fourth-order valence-corrected chi connectivity index (χ4v) is 4.73. The highest BCUT2D eigenvalue weighted by molar-refractivity contribution is 6.33. The third-order valence-corrected chi connectivity index (χ3v) is 6.65. The normalized spacial score (nSPS) is 18.8. The van der Waals surface area contributed by atoms with Crippen LogP contribution >= 0.6 is 11.6 Å². The minimum atomic E-state index is -0.382. The predicted octanol–water partition coefficient (Wildman–Crippen LogP) is 4.42. The van der Waals surface area contributed by atoms with Crippen LogP contribution in [0.25, 0.3) is 0 Å². The first-order valence-electron chi connectivity index (χ1n) is 11.9. The first kappa shape index (κ1) is 23.4. The fourth-order valence-electron chi connectivity index (χ4n) is 4.49. The topological polar surface area (TPSA) is 64.3 Å². The molecule has 2 atom stereocenters. The molecule has 3 heterocycles. The second-order valence-corrected chi connectivity index (χ2v) is 9.60. The zero-order valence-electron chi connectivity index (χ0n) is 20.3. The average molecular weight is 491 g/mol. The van der Waals surface area contributed by atoms with E-state index in [4.69, 9.17) is 21.6 Å². The lowest BCUT2D eigenvalue weighted by molar-refractivity contribution is 0.401. The van der Waals surface area contributed by atoms with Crippen molar-refractivity contribution in [2.24, 2.45) is 15.9 Å². The van der Waals surface area contributed by atoms with Gasteiger partial charge in [0.25, 0.3) is 0 Å². The van der Waals surface area contributed by atoms with E-state index in [2.05, 4.69) is 70.4 Å². The number of halogens is 1. The lowest BCUT2D eigenvalue weighted by Gasteiger charge is -2.36. The van der Waals surface area contributed by atoms with Gasteiger partial charge in [0.15, 0.2) is 0 Å². The molecule has 0 saturated heterocycles. The van der Waals surface area contributed by atoms with E-state index in [1.54, 1.807) is 6.20 Å². The van der Waals surface area contributed by atoms with Crippen molar-refractivity contribution in [2.75, 3.05) is 55.9 Å². The average Bonchev–Trinajstić information content (AvgIpc) is 3.35. The Hall–Kier alpha value is -3.36. The summed E-state index contributed by atoms with van der Waals surface area (Å²) < 4.78 is 2.03. The van der Waals surface area contributed by atoms with E-state index in [0.717, 1.165) is 42.7 Å². The Morgan fingerprint density at radius 3 is 2.63 bits per heavy atom. The first-order valence-corrected chi connectivity index (χ1v) is 12.3. The Kier molecular flexibility index (Phi) is 6.74. The van der Waals surface area contributed by atoms with Gasteiger partial charge in [-0.25, -0.2) is 15.0 Å². The maximum absolute atomic E-state index is 6.49. The van der Waals surface area contributed by atoms with Gasteiger partial charge in [0.2, 0.25) is 12.2 Å². The Morgan fingerprint density at radius 1 is 1.06 bits per heavy atom. The summed E-state index contributed by atoms with van der Waals surface area (Å²) in [7, 11) is 6.35. The number of hydrogen-bond acceptors (Lipinski definition) is 7. The van der Waals surface area contributed by atoms with E-state index in [0.29, 0.717) is 11.6 Å². The van der Waals surface area contributed by atoms with Crippen molar-refractivity contribution in [1.29, 1.82) is 0 Å². The summed E-state index contributed by atoms with van der Waals surface area (Å²) in [4.78, 5) is 20.8. The molecular formula is C26H31ClN8. The molecule has 0 aliphatic carbocycles. The number of aliphatic imine (C=N–C) groups is 2. The molecule has 2 aliphatic heterocycles. The van der Waals surface area contributed by atoms with Gasteiger partial charge in [0, 0.05) is 50.1 Å². The molecule has 1 aromatic heterocycles. The molecule has 0 fully saturated rings. The van der Waals surface area contributed by atoms with Crippen molar-refractivity contribution in [3.63, 3.8) is 0 Å². The Morgan fingerprint density at radius 2 is 1.86 bits per heavy atom. The number of nitrogens with zero attached hydrogens (tertiary/aromatic N) is 7. The van der Waals surface area contributed by atoms with Crippen LogP contribution in [-0.2, 0) is 0 Å². The molecule has 2 aromatic carbocycles. The van der Waals surface area contributed by atoms with Gasteiger partial charge in [0.05, 0.1) is 16.6 Å². The molecule has 0 amide bonds. The molecule has 3 aromatic rings. The van der Waals surface area contributed by atoms with Crippen LogP contribution in [0.1, 0.15) is 6.42 Å². The molecule has 0 radical (unpaired) electrons. The molecule has 1 N–H and O–H groups in total. The molecule has 0 saturated carbocycles. The number of imidazole rings is 1. The standard InChI is InChI=1S/C26H31ClN8/c1-32(2)14-6-15-33(3)21-11-9-20(10-12-21)30-25-29-17-19-18-35(23-8-5-4-7-22(23)27)26-28-13-16-34(26)24(19)31-25/h4-5,7-13,16-17,19,25,30H,6,14-15,18H2,1-3H3. The molecule has 2 aliphatic rings. The molecule has 0 bridgehead atoms. The summed E-state index contributed by atoms with van der Waals surface area (Å²) in [5.41, 5.74) is 3.11. The molecule has 8 nitrogen and oxygen atoms in total. The SMILES string of the molecule is CN(C)CCCN(C)c1ccc(NC2N=CC3CN(c4ccccc4Cl)c4nccn4C3=N2)cc1. The Bertz CT molecular complexity index is 1220. The van der Waals surface area contributed by atoms with Crippen LogP contribution in [-0.4, -0.2) is 73.6 Å². The number of hydrogen-bond donors (Lipinski definition) is 1. The van der Waals surface area contributed by atoms with E-state index in [1.807, 2.05) is 41.2 Å². The van der Waals surface area contributed by atoms with Crippen molar-refractivity contribution < 1.29 is 0 Å². The number of para-hydroxylation sites is 1. The van der Waals surface area contributed by atoms with E-state index >= 15 is 0 Å². The smallest absolute Gasteiger partial charge is 0.215 e. The minimum absolute atomic E-state index is 0.0456. The van der Waals surface area contributed by atoms with Crippen molar-refractivity contribution in [3.8, 4) is 0 Å². The summed E-state index contributed by atoms with van der Waals surface area (Å²) in [5.74, 6) is 1.79. The van der Waals surface area contributed by atoms with Gasteiger partial charge < -0.3 is 20.0 Å². The van der Waals surface area contributed by atoms with Gasteiger partial charge in [-0.3, -0.25) is 4.57 Å². The number of anilines is 4. The quantitative estimate of drug-likeness (QED) is 0.506. The molecule has 35 heavy (non-hydrogen) atoms. The number of aromatic nitrogens is 2. The third-order valence-electron chi connectivity index (χ3n) is 6.33. The molecular weight excluding hydrogens is 460 g/mol. The summed E-state index contributed by atoms with van der Waals surface area (Å²) >= 11 is 6.49. The third kappa shape index (κ3) is 5.04. The molecule has 9 heteroatoms. The van der Waals surface area contributed by atoms with Gasteiger partial charge in [0.1, 0.15) is 5.84 Å². The van der Waals surface area contributed by atoms with Gasteiger partial charge in [-0.15, -0.1) is 0 Å². The van der Waals surface area contributed by atoms with Crippen molar-refractivity contribution in [3.05, 3.63) is 65.9 Å². The summed E-state index contributed by atoms with van der Waals surface area (Å²) in [6.45, 7) is 2.79. The maximum atomic E-state index is 6.49. The van der Waals surface area contributed by atoms with Crippen molar-refractivity contribution >= 4 is 46.7 Å². The molecule has 0 spiro atoms. The highest BCUT2D eigenvalue weighted by Crippen LogP contribution is 2.35. The summed E-state index contributed by atoms with van der Waals surface area (Å²) in [5, 5.41) is 4.13. The Balaban J connectivity index is 1.29. The molecule has 5 rings (SSSR count). The minimum Gasteiger partial charge on any atom is -0.375 e. The lowest BCUT2D eigenvalue weighted by atomic mass is 10.1.